The van der Waals surface area contributed by atoms with Crippen molar-refractivity contribution in [3.63, 3.8) is 0 Å². The molecule has 1 heterocycles. The molecule has 19 heavy (non-hydrogen) atoms. The van der Waals surface area contributed by atoms with E-state index in [1.807, 2.05) is 12.1 Å². The largest absolute Gasteiger partial charge is 0.487 e. The van der Waals surface area contributed by atoms with Crippen molar-refractivity contribution in [2.75, 3.05) is 6.54 Å². The van der Waals surface area contributed by atoms with E-state index >= 15 is 0 Å². The molecule has 1 aromatic heterocycles. The van der Waals surface area contributed by atoms with Crippen LogP contribution in [0.15, 0.2) is 29.6 Å². The summed E-state index contributed by atoms with van der Waals surface area (Å²) in [5.41, 5.74) is 2.24. The Hall–Kier alpha value is -1.39. The number of aryl methyl sites for hydroxylation is 1. The molecule has 0 unspecified atom stereocenters. The van der Waals surface area contributed by atoms with Gasteiger partial charge in [0.1, 0.15) is 17.4 Å². The third-order valence-corrected chi connectivity index (χ3v) is 3.61. The predicted molar refractivity (Wildman–Crippen MR) is 79.6 cm³/mol. The third kappa shape index (κ3) is 4.65. The summed E-state index contributed by atoms with van der Waals surface area (Å²) in [7, 11) is 0. The summed E-state index contributed by atoms with van der Waals surface area (Å²) in [5.74, 6) is 0.893. The molecule has 2 rings (SSSR count). The summed E-state index contributed by atoms with van der Waals surface area (Å²) in [4.78, 5) is 4.55. The van der Waals surface area contributed by atoms with Crippen LogP contribution >= 0.6 is 11.3 Å². The van der Waals surface area contributed by atoms with E-state index in [0.29, 0.717) is 6.61 Å². The second kappa shape index (κ2) is 7.26. The van der Waals surface area contributed by atoms with Crippen LogP contribution in [0, 0.1) is 6.92 Å². The van der Waals surface area contributed by atoms with E-state index in [-0.39, 0.29) is 0 Å². The van der Waals surface area contributed by atoms with Crippen LogP contribution in [0.4, 0.5) is 0 Å². The Kier molecular flexibility index (Phi) is 5.36. The first-order valence-electron chi connectivity index (χ1n) is 6.61. The Labute approximate surface area is 118 Å². The highest BCUT2D eigenvalue weighted by Gasteiger charge is 2.02. The zero-order valence-electron chi connectivity index (χ0n) is 11.5. The Morgan fingerprint density at radius 2 is 2.05 bits per heavy atom. The predicted octanol–water partition coefficient (Wildman–Crippen LogP) is 3.53. The SMILES string of the molecule is CCCNCc1nc(COc2ccc(C)cc2)cs1. The number of nitrogens with one attached hydrogen (secondary N) is 1. The molecule has 0 spiro atoms. The minimum atomic E-state index is 0.535. The van der Waals surface area contributed by atoms with Gasteiger partial charge in [0.05, 0.1) is 5.69 Å². The molecule has 0 bridgehead atoms. The molecule has 0 aliphatic rings. The number of hydrogen-bond acceptors (Lipinski definition) is 4. The molecule has 1 N–H and O–H groups in total. The fourth-order valence-electron chi connectivity index (χ4n) is 1.66. The number of thiazole rings is 1. The number of benzene rings is 1. The van der Waals surface area contributed by atoms with Gasteiger partial charge in [0.25, 0.3) is 0 Å². The first kappa shape index (κ1) is 14.0. The van der Waals surface area contributed by atoms with Crippen LogP contribution in [0.1, 0.15) is 29.6 Å². The Morgan fingerprint density at radius 3 is 2.79 bits per heavy atom. The number of ether oxygens (including phenoxy) is 1. The molecule has 0 atom stereocenters. The van der Waals surface area contributed by atoms with Gasteiger partial charge >= 0.3 is 0 Å². The summed E-state index contributed by atoms with van der Waals surface area (Å²) in [5, 5.41) is 6.54. The van der Waals surface area contributed by atoms with Gasteiger partial charge < -0.3 is 10.1 Å². The average Bonchev–Trinajstić information content (AvgIpc) is 2.86. The van der Waals surface area contributed by atoms with Gasteiger partial charge in [0, 0.05) is 11.9 Å². The Morgan fingerprint density at radius 1 is 1.26 bits per heavy atom. The van der Waals surface area contributed by atoms with Crippen molar-refractivity contribution in [3.8, 4) is 5.75 Å². The van der Waals surface area contributed by atoms with E-state index in [2.05, 4.69) is 41.7 Å². The zero-order valence-corrected chi connectivity index (χ0v) is 12.3. The summed E-state index contributed by atoms with van der Waals surface area (Å²) < 4.78 is 5.71. The molecule has 0 aliphatic carbocycles. The summed E-state index contributed by atoms with van der Waals surface area (Å²) in [6, 6.07) is 8.09. The van der Waals surface area contributed by atoms with Crippen LogP contribution in [0.2, 0.25) is 0 Å². The van der Waals surface area contributed by atoms with Crippen molar-refractivity contribution in [1.29, 1.82) is 0 Å². The first-order valence-corrected chi connectivity index (χ1v) is 7.49. The lowest BCUT2D eigenvalue weighted by molar-refractivity contribution is 0.302. The highest BCUT2D eigenvalue weighted by atomic mass is 32.1. The number of nitrogens with zero attached hydrogens (tertiary/aromatic N) is 1. The lowest BCUT2D eigenvalue weighted by atomic mass is 10.2. The van der Waals surface area contributed by atoms with E-state index in [1.54, 1.807) is 11.3 Å². The quantitative estimate of drug-likeness (QED) is 0.786. The van der Waals surface area contributed by atoms with Crippen molar-refractivity contribution >= 4 is 11.3 Å². The van der Waals surface area contributed by atoms with Crippen LogP contribution in [-0.2, 0) is 13.2 Å². The van der Waals surface area contributed by atoms with Gasteiger partial charge in [-0.3, -0.25) is 0 Å². The van der Waals surface area contributed by atoms with Crippen molar-refractivity contribution < 1.29 is 4.74 Å². The zero-order chi connectivity index (χ0) is 13.5. The van der Waals surface area contributed by atoms with Gasteiger partial charge in [0.2, 0.25) is 0 Å². The van der Waals surface area contributed by atoms with E-state index in [4.69, 9.17) is 4.74 Å². The minimum Gasteiger partial charge on any atom is -0.487 e. The smallest absolute Gasteiger partial charge is 0.131 e. The van der Waals surface area contributed by atoms with Gasteiger partial charge in [-0.05, 0) is 32.0 Å². The van der Waals surface area contributed by atoms with Crippen molar-refractivity contribution in [2.24, 2.45) is 0 Å². The Bertz CT molecular complexity index is 493. The molecule has 2 aromatic rings. The number of rotatable bonds is 7. The van der Waals surface area contributed by atoms with Gasteiger partial charge in [-0.1, -0.05) is 24.6 Å². The molecule has 0 amide bonds. The molecule has 0 saturated carbocycles. The van der Waals surface area contributed by atoms with Gasteiger partial charge in [-0.25, -0.2) is 4.98 Å². The maximum atomic E-state index is 5.71. The molecule has 102 valence electrons. The second-order valence-corrected chi connectivity index (χ2v) is 5.45. The van der Waals surface area contributed by atoms with Crippen molar-refractivity contribution in [2.45, 2.75) is 33.4 Å². The van der Waals surface area contributed by atoms with E-state index < -0.39 is 0 Å². The normalized spacial score (nSPS) is 10.6. The molecule has 0 radical (unpaired) electrons. The molecule has 3 nitrogen and oxygen atoms in total. The standard InChI is InChI=1S/C15H20N2OS/c1-3-8-16-9-15-17-13(11-19-15)10-18-14-6-4-12(2)5-7-14/h4-7,11,16H,3,8-10H2,1-2H3. The monoisotopic (exact) mass is 276 g/mol. The second-order valence-electron chi connectivity index (χ2n) is 4.51. The molecule has 4 heteroatoms. The molecular weight excluding hydrogens is 256 g/mol. The lowest BCUT2D eigenvalue weighted by Crippen LogP contribution is -2.13. The fraction of sp³-hybridized carbons (Fsp3) is 0.400. The van der Waals surface area contributed by atoms with Crippen molar-refractivity contribution in [3.05, 3.63) is 45.9 Å². The summed E-state index contributed by atoms with van der Waals surface area (Å²) in [6.45, 7) is 6.65. The molecule has 1 aromatic carbocycles. The topological polar surface area (TPSA) is 34.2 Å². The van der Waals surface area contributed by atoms with E-state index in [9.17, 15) is 0 Å². The lowest BCUT2D eigenvalue weighted by Gasteiger charge is -2.04. The molecule has 0 fully saturated rings. The van der Waals surface area contributed by atoms with Crippen LogP contribution in [0.25, 0.3) is 0 Å². The summed E-state index contributed by atoms with van der Waals surface area (Å²) in [6.07, 6.45) is 1.15. The third-order valence-electron chi connectivity index (χ3n) is 2.71. The van der Waals surface area contributed by atoms with Crippen molar-refractivity contribution in [1.82, 2.24) is 10.3 Å². The highest BCUT2D eigenvalue weighted by Crippen LogP contribution is 2.15. The first-order chi connectivity index (χ1) is 9.28. The van der Waals surface area contributed by atoms with E-state index in [0.717, 1.165) is 36.0 Å². The summed E-state index contributed by atoms with van der Waals surface area (Å²) >= 11 is 1.68. The van der Waals surface area contributed by atoms with Gasteiger partial charge in [-0.2, -0.15) is 0 Å². The van der Waals surface area contributed by atoms with Gasteiger partial charge in [0.15, 0.2) is 0 Å². The highest BCUT2D eigenvalue weighted by molar-refractivity contribution is 7.09. The van der Waals surface area contributed by atoms with Gasteiger partial charge in [-0.15, -0.1) is 11.3 Å². The molecular formula is C15H20N2OS. The van der Waals surface area contributed by atoms with E-state index in [1.165, 1.54) is 5.56 Å². The molecule has 0 saturated heterocycles. The fourth-order valence-corrected chi connectivity index (χ4v) is 2.41. The molecule has 0 aliphatic heterocycles. The number of aromatic nitrogens is 1. The maximum Gasteiger partial charge on any atom is 0.131 e. The van der Waals surface area contributed by atoms with Crippen LogP contribution in [-0.4, -0.2) is 11.5 Å². The van der Waals surface area contributed by atoms with Crippen LogP contribution < -0.4 is 10.1 Å². The Balaban J connectivity index is 1.81. The van der Waals surface area contributed by atoms with Crippen LogP contribution in [0.5, 0.6) is 5.75 Å². The minimum absolute atomic E-state index is 0.535. The number of hydrogen-bond donors (Lipinski definition) is 1. The maximum absolute atomic E-state index is 5.71. The average molecular weight is 276 g/mol. The van der Waals surface area contributed by atoms with Crippen LogP contribution in [0.3, 0.4) is 0 Å².